The van der Waals surface area contributed by atoms with E-state index in [-0.39, 0.29) is 27.6 Å². The number of fused-ring (bicyclic) bond motifs is 4. The van der Waals surface area contributed by atoms with Crippen molar-refractivity contribution in [3.8, 4) is 0 Å². The van der Waals surface area contributed by atoms with Crippen molar-refractivity contribution in [3.63, 3.8) is 0 Å². The quantitative estimate of drug-likeness (QED) is 0.157. The maximum atomic E-state index is 2.70. The van der Waals surface area contributed by atoms with Crippen LogP contribution < -0.4 is 20.2 Å². The Kier molecular flexibility index (Phi) is 12.2. The summed E-state index contributed by atoms with van der Waals surface area (Å²) < 4.78 is 0. The normalized spacial score (nSPS) is 22.0. The molecule has 7 aliphatic carbocycles. The summed E-state index contributed by atoms with van der Waals surface area (Å²) in [6, 6.07) is 76.0. The predicted molar refractivity (Wildman–Crippen MR) is 368 cm³/mol. The second-order valence-corrected chi connectivity index (χ2v) is 29.9. The Labute approximate surface area is 523 Å². The van der Waals surface area contributed by atoms with E-state index in [2.05, 4.69) is 304 Å². The van der Waals surface area contributed by atoms with Crippen molar-refractivity contribution >= 4 is 33.9 Å². The lowest BCUT2D eigenvalue weighted by atomic mass is 9.50. The Bertz CT molecular complexity index is 4440. The molecular formula is C86H82N2. The lowest BCUT2D eigenvalue weighted by molar-refractivity contribution is 0.392. The molecule has 88 heavy (non-hydrogen) atoms. The molecule has 2 aliphatic heterocycles. The predicted octanol–water partition coefficient (Wildman–Crippen LogP) is 20.1. The maximum absolute atomic E-state index is 2.70. The number of hydrogen-bond acceptors (Lipinski definition) is 2. The first kappa shape index (κ1) is 54.9. The largest absolute Gasteiger partial charge is 0.314 e. The zero-order chi connectivity index (χ0) is 60.3. The van der Waals surface area contributed by atoms with Gasteiger partial charge in [-0.25, -0.2) is 0 Å². The van der Waals surface area contributed by atoms with E-state index in [1.54, 1.807) is 16.7 Å². The molecule has 0 fully saturated rings. The van der Waals surface area contributed by atoms with Gasteiger partial charge in [0, 0.05) is 45.2 Å². The molecule has 0 radical (unpaired) electrons. The Balaban J connectivity index is 1.06. The van der Waals surface area contributed by atoms with Crippen LogP contribution in [0.4, 0.5) is 22.7 Å². The van der Waals surface area contributed by atoms with Gasteiger partial charge in [0.05, 0.1) is 11.1 Å². The molecule has 3 unspecified atom stereocenters. The number of para-hydroxylation sites is 3. The monoisotopic (exact) mass is 1140 g/mol. The number of benzene rings is 8. The van der Waals surface area contributed by atoms with E-state index in [4.69, 9.17) is 0 Å². The van der Waals surface area contributed by atoms with Gasteiger partial charge in [-0.15, -0.1) is 0 Å². The van der Waals surface area contributed by atoms with Gasteiger partial charge in [0.15, 0.2) is 0 Å². The zero-order valence-corrected chi connectivity index (χ0v) is 53.3. The fourth-order valence-electron chi connectivity index (χ4n) is 17.7. The summed E-state index contributed by atoms with van der Waals surface area (Å²) in [7, 11) is 0. The molecule has 2 heteroatoms. The minimum absolute atomic E-state index is 0.00520. The van der Waals surface area contributed by atoms with Crippen LogP contribution in [-0.4, -0.2) is 0 Å². The number of nitrogens with zero attached hydrogens (tertiary/aromatic N) is 2. The van der Waals surface area contributed by atoms with Gasteiger partial charge < -0.3 is 9.80 Å². The Morgan fingerprint density at radius 3 is 1.51 bits per heavy atom. The van der Waals surface area contributed by atoms with E-state index >= 15 is 0 Å². The summed E-state index contributed by atoms with van der Waals surface area (Å²) in [6.45, 7) is 23.7. The van der Waals surface area contributed by atoms with Crippen molar-refractivity contribution in [2.45, 2.75) is 147 Å². The van der Waals surface area contributed by atoms with Gasteiger partial charge >= 0.3 is 0 Å². The van der Waals surface area contributed by atoms with E-state index < -0.39 is 10.8 Å². The second-order valence-electron chi connectivity index (χ2n) is 29.9. The van der Waals surface area contributed by atoms with Crippen LogP contribution in [0.25, 0.3) is 11.1 Å². The van der Waals surface area contributed by atoms with Crippen molar-refractivity contribution in [2.75, 3.05) is 9.80 Å². The molecule has 436 valence electrons. The highest BCUT2D eigenvalue weighted by Crippen LogP contribution is 2.65. The van der Waals surface area contributed by atoms with Crippen LogP contribution in [0.15, 0.2) is 264 Å². The number of hydrogen-bond donors (Lipinski definition) is 0. The molecule has 0 saturated heterocycles. The van der Waals surface area contributed by atoms with Crippen molar-refractivity contribution < 1.29 is 0 Å². The first-order valence-electron chi connectivity index (χ1n) is 32.8. The molecule has 8 aromatic rings. The van der Waals surface area contributed by atoms with Crippen LogP contribution >= 0.6 is 0 Å². The fraction of sp³-hybridized carbons (Fsp3) is 0.279. The van der Waals surface area contributed by atoms with Crippen molar-refractivity contribution in [1.82, 2.24) is 0 Å². The van der Waals surface area contributed by atoms with Crippen molar-refractivity contribution in [1.29, 1.82) is 0 Å². The molecule has 0 aromatic heterocycles. The summed E-state index contributed by atoms with van der Waals surface area (Å²) in [4.78, 5) is 5.21. The third-order valence-corrected chi connectivity index (χ3v) is 22.2. The van der Waals surface area contributed by atoms with Crippen LogP contribution in [0.5, 0.6) is 0 Å². The fourth-order valence-corrected chi connectivity index (χ4v) is 17.7. The van der Waals surface area contributed by atoms with Crippen molar-refractivity contribution in [3.05, 3.63) is 330 Å². The molecule has 4 bridgehead atoms. The van der Waals surface area contributed by atoms with Crippen LogP contribution in [0.2, 0.25) is 0 Å². The molecule has 0 spiro atoms. The molecule has 0 N–H and O–H groups in total. The summed E-state index contributed by atoms with van der Waals surface area (Å²) >= 11 is 0. The van der Waals surface area contributed by atoms with E-state index in [0.29, 0.717) is 0 Å². The van der Waals surface area contributed by atoms with Gasteiger partial charge in [-0.3, -0.25) is 0 Å². The van der Waals surface area contributed by atoms with E-state index in [0.717, 1.165) is 44.9 Å². The first-order chi connectivity index (χ1) is 42.4. The van der Waals surface area contributed by atoms with Crippen LogP contribution in [0.3, 0.4) is 0 Å². The Hall–Kier alpha value is -8.46. The highest BCUT2D eigenvalue weighted by atomic mass is 15.2. The highest BCUT2D eigenvalue weighted by molar-refractivity contribution is 5.89. The van der Waals surface area contributed by atoms with Gasteiger partial charge in [-0.2, -0.15) is 0 Å². The lowest BCUT2D eigenvalue weighted by Crippen LogP contribution is -2.56. The number of anilines is 4. The third-order valence-electron chi connectivity index (χ3n) is 22.2. The average Bonchev–Trinajstić information content (AvgIpc) is 0.805. The summed E-state index contributed by atoms with van der Waals surface area (Å²) in [6.07, 6.45) is 19.9. The van der Waals surface area contributed by atoms with E-state index in [1.165, 1.54) is 123 Å². The lowest BCUT2D eigenvalue weighted by Gasteiger charge is -2.53. The molecule has 0 saturated carbocycles. The summed E-state index contributed by atoms with van der Waals surface area (Å²) in [5.41, 5.74) is 31.0. The minimum Gasteiger partial charge on any atom is -0.314 e. The molecule has 8 aromatic carbocycles. The molecule has 2 heterocycles. The molecule has 2 nitrogen and oxygen atoms in total. The first-order valence-corrected chi connectivity index (χ1v) is 32.8. The molecule has 3 atom stereocenters. The second kappa shape index (κ2) is 19.5. The number of rotatable bonds is 7. The summed E-state index contributed by atoms with van der Waals surface area (Å²) in [5, 5.41) is 3.00. The third kappa shape index (κ3) is 7.92. The Morgan fingerprint density at radius 1 is 0.432 bits per heavy atom. The van der Waals surface area contributed by atoms with Gasteiger partial charge in [0.2, 0.25) is 0 Å². The zero-order valence-electron chi connectivity index (χ0n) is 53.3. The van der Waals surface area contributed by atoms with Gasteiger partial charge in [-0.05, 0) is 217 Å². The van der Waals surface area contributed by atoms with Crippen LogP contribution in [0.1, 0.15) is 170 Å². The molecule has 0 amide bonds. The van der Waals surface area contributed by atoms with Crippen molar-refractivity contribution in [2.24, 2.45) is 5.92 Å². The van der Waals surface area contributed by atoms with Crippen LogP contribution in [0, 0.1) is 5.92 Å². The Morgan fingerprint density at radius 2 is 0.943 bits per heavy atom. The highest BCUT2D eigenvalue weighted by Gasteiger charge is 2.57. The smallest absolute Gasteiger partial charge is 0.0711 e. The van der Waals surface area contributed by atoms with Gasteiger partial charge in [0.1, 0.15) is 0 Å². The van der Waals surface area contributed by atoms with E-state index in [9.17, 15) is 0 Å². The minimum atomic E-state index is -0.675. The standard InChI is InChI=1S/C86H82N2/c1-81(2,3)55-29-37-59(38-30-55)85(60-39-31-56(32-40-60)82(4,5)6)72-51-52-73-79-71(50-49-70(78(72)79)68-47-45-66(53-75(68)85)87(63-21-14-11-15-22-63)64-23-16-12-17-24-64)69-48-46-67-54-76(69)86(73,61-41-33-57(34-42-61)83(7,8)9)62-43-35-58(36-44-62)84(10)74-27-20-28-77(80(74)84)88(67)65-25-18-13-19-26-65/h11-35,37-43,46,48,51-53,76H,36,44-45,47,49-50,54H2,1-10H3. The molecule has 9 aliphatic rings. The summed E-state index contributed by atoms with van der Waals surface area (Å²) in [5.74, 6) is 0.140. The van der Waals surface area contributed by atoms with Gasteiger partial charge in [-0.1, -0.05) is 243 Å². The van der Waals surface area contributed by atoms with Gasteiger partial charge in [0.25, 0.3) is 0 Å². The number of allylic oxidation sites excluding steroid dienone is 12. The topological polar surface area (TPSA) is 6.48 Å². The van der Waals surface area contributed by atoms with Crippen LogP contribution in [-0.2, 0) is 32.5 Å². The van der Waals surface area contributed by atoms with E-state index in [1.807, 2.05) is 0 Å². The SMILES string of the molecule is CC(C)(C)c1ccc(C2(c3ccc(C(C)(C)C)cc3)C3=C(CCC(N(c4ccccc4)c4ccccc4)=C3)C3=c4c2ccc2c4=C(CC3)C3=CC=C4CC3C2(c2ccc(C(C)(C)C)cc2)C2=CC=C(CC2)C2(C)c3cccc(c32)N4c2ccccc2)cc1. The molecular weight excluding hydrogens is 1060 g/mol. The average molecular weight is 1140 g/mol. The maximum Gasteiger partial charge on any atom is 0.0711 e. The molecule has 17 rings (SSSR count).